The van der Waals surface area contributed by atoms with E-state index in [0.29, 0.717) is 93.5 Å². The molecular formula is C58H62N12O9. The van der Waals surface area contributed by atoms with Crippen LogP contribution >= 0.6 is 0 Å². The van der Waals surface area contributed by atoms with Crippen LogP contribution in [0.25, 0.3) is 33.5 Å². The van der Waals surface area contributed by atoms with Gasteiger partial charge in [-0.3, -0.25) is 0 Å². The summed E-state index contributed by atoms with van der Waals surface area (Å²) in [4.78, 5) is 78.0. The van der Waals surface area contributed by atoms with Crippen LogP contribution in [0.4, 0.5) is 14.4 Å². The van der Waals surface area contributed by atoms with Crippen molar-refractivity contribution < 1.29 is 42.8 Å². The average molecular weight is 1070 g/mol. The molecule has 3 amide bonds. The van der Waals surface area contributed by atoms with E-state index in [2.05, 4.69) is 50.9 Å². The second-order valence-corrected chi connectivity index (χ2v) is 19.5. The van der Waals surface area contributed by atoms with E-state index in [0.717, 1.165) is 44.4 Å². The third-order valence-electron chi connectivity index (χ3n) is 13.5. The maximum atomic E-state index is 12.5. The van der Waals surface area contributed by atoms with E-state index in [1.54, 1.807) is 33.3 Å². The predicted molar refractivity (Wildman–Crippen MR) is 291 cm³/mol. The van der Waals surface area contributed by atoms with Gasteiger partial charge in [0.05, 0.1) is 56.0 Å². The molecule has 9 aromatic rings. The molecule has 21 heteroatoms. The summed E-state index contributed by atoms with van der Waals surface area (Å²) >= 11 is 0. The fourth-order valence-corrected chi connectivity index (χ4v) is 9.19. The number of rotatable bonds is 9. The number of nitrogens with one attached hydrogen (secondary N) is 3. The van der Waals surface area contributed by atoms with Crippen LogP contribution in [-0.4, -0.2) is 137 Å². The van der Waals surface area contributed by atoms with Gasteiger partial charge in [-0.25, -0.2) is 44.3 Å². The van der Waals surface area contributed by atoms with Gasteiger partial charge in [-0.1, -0.05) is 83.4 Å². The van der Waals surface area contributed by atoms with Crippen molar-refractivity contribution in [1.29, 1.82) is 0 Å². The number of hydrogen-bond donors (Lipinski definition) is 3. The second-order valence-electron chi connectivity index (χ2n) is 19.5. The van der Waals surface area contributed by atoms with Gasteiger partial charge in [0.1, 0.15) is 55.6 Å². The number of ether oxygens (including phenoxy) is 6. The van der Waals surface area contributed by atoms with Gasteiger partial charge in [-0.2, -0.15) is 0 Å². The van der Waals surface area contributed by atoms with Crippen LogP contribution in [0.2, 0.25) is 0 Å². The number of aromatic nitrogens is 9. The minimum Gasteiger partial charge on any atom is -0.445 e. The number of morpholine rings is 3. The maximum absolute atomic E-state index is 12.5. The fourth-order valence-electron chi connectivity index (χ4n) is 9.19. The number of amides is 3. The summed E-state index contributed by atoms with van der Waals surface area (Å²) in [7, 11) is 0. The van der Waals surface area contributed by atoms with Crippen LogP contribution < -0.4 is 0 Å². The number of benzene rings is 3. The van der Waals surface area contributed by atoms with Gasteiger partial charge >= 0.3 is 18.3 Å². The van der Waals surface area contributed by atoms with Crippen molar-refractivity contribution in [3.8, 4) is 0 Å². The largest absolute Gasteiger partial charge is 0.445 e. The van der Waals surface area contributed by atoms with E-state index < -0.39 is 0 Å². The Morgan fingerprint density at radius 1 is 0.481 bits per heavy atom. The highest BCUT2D eigenvalue weighted by atomic mass is 16.6. The zero-order valence-corrected chi connectivity index (χ0v) is 44.5. The molecule has 79 heavy (non-hydrogen) atoms. The fraction of sp³-hybridized carbons (Fsp3) is 0.328. The molecule has 0 aliphatic carbocycles. The molecule has 3 saturated heterocycles. The Bertz CT molecular complexity index is 3430. The molecule has 408 valence electrons. The molecule has 3 fully saturated rings. The highest BCUT2D eigenvalue weighted by Gasteiger charge is 2.31. The summed E-state index contributed by atoms with van der Waals surface area (Å²) in [5, 5.41) is 0. The smallest absolute Gasteiger partial charge is 0.410 e. The quantitative estimate of drug-likeness (QED) is 0.114. The number of H-pyrrole nitrogens is 3. The monoisotopic (exact) mass is 1070 g/mol. The Morgan fingerprint density at radius 2 is 0.899 bits per heavy atom. The van der Waals surface area contributed by atoms with E-state index >= 15 is 0 Å². The van der Waals surface area contributed by atoms with Crippen LogP contribution in [0.3, 0.4) is 0 Å². The lowest BCUT2D eigenvalue weighted by molar-refractivity contribution is -0.0330. The number of carbonyl (C=O) groups excluding carboxylic acids is 3. The SMILES string of the molecule is Cc1ccc(COC(=O)N2CCO[C@H](c3nc4ncccc4[nH]3)C2)c(C)c1.Cc1ccc(COC(=O)N2CCO[C@H](c3nc4ncccc4[nH]3)C2)cc1.Cc1cccc(COC(=O)N2CCO[C@H](c3nc4ncccc4[nH]3)C2)c1. The van der Waals surface area contributed by atoms with Gasteiger partial charge in [0.15, 0.2) is 16.9 Å². The summed E-state index contributed by atoms with van der Waals surface area (Å²) in [6.45, 7) is 12.9. The van der Waals surface area contributed by atoms with Crippen molar-refractivity contribution in [1.82, 2.24) is 59.6 Å². The Kier molecular flexibility index (Phi) is 17.0. The van der Waals surface area contributed by atoms with Crippen molar-refractivity contribution >= 4 is 51.8 Å². The molecule has 0 spiro atoms. The normalized spacial score (nSPS) is 17.4. The van der Waals surface area contributed by atoms with E-state index in [1.165, 1.54) is 11.1 Å². The van der Waals surface area contributed by atoms with Gasteiger partial charge in [0.25, 0.3) is 0 Å². The standard InChI is InChI=1S/C20H22N4O3.2C19H20N4O3/c1-13-5-6-15(14(2)10-13)12-27-20(25)24-8-9-26-17(11-24)19-22-16-4-3-7-21-18(16)23-19;1-13-4-2-5-14(10-13)12-26-19(24)23-8-9-25-16(11-23)18-21-15-6-3-7-20-17(15)22-18;1-13-4-6-14(7-5-13)12-26-19(24)23-9-10-25-16(11-23)18-21-15-3-2-8-20-17(15)22-18/h3-7,10,17H,8-9,11-12H2,1-2H3,(H,21,22,23);2-7,10,16H,8-9,11-12H2,1H3,(H,20,21,22);2-8,16H,9-12H2,1H3,(H,20,21,22)/t17-;2*16-/m000/s1. The van der Waals surface area contributed by atoms with Gasteiger partial charge in [0.2, 0.25) is 0 Å². The minimum atomic E-state index is -0.340. The zero-order valence-electron chi connectivity index (χ0n) is 44.5. The summed E-state index contributed by atoms with van der Waals surface area (Å²) < 4.78 is 33.8. The van der Waals surface area contributed by atoms with Crippen molar-refractivity contribution in [3.05, 3.63) is 178 Å². The molecule has 0 unspecified atom stereocenters. The first-order valence-corrected chi connectivity index (χ1v) is 26.2. The molecule has 3 aliphatic rings. The number of imidazole rings is 3. The lowest BCUT2D eigenvalue weighted by Gasteiger charge is -2.31. The number of fused-ring (bicyclic) bond motifs is 3. The number of carbonyl (C=O) groups is 3. The van der Waals surface area contributed by atoms with E-state index in [4.69, 9.17) is 28.4 Å². The molecule has 6 aromatic heterocycles. The summed E-state index contributed by atoms with van der Waals surface area (Å²) in [5.74, 6) is 2.03. The van der Waals surface area contributed by atoms with Crippen LogP contribution in [0.1, 0.15) is 74.7 Å². The second kappa shape index (κ2) is 25.1. The van der Waals surface area contributed by atoms with Gasteiger partial charge in [-0.05, 0) is 86.3 Å². The van der Waals surface area contributed by atoms with Crippen molar-refractivity contribution in [2.75, 3.05) is 59.1 Å². The molecule has 3 N–H and O–H groups in total. The number of aromatic amines is 3. The molecule has 3 aromatic carbocycles. The van der Waals surface area contributed by atoms with Crippen molar-refractivity contribution in [3.63, 3.8) is 0 Å². The molecule has 0 saturated carbocycles. The van der Waals surface area contributed by atoms with Crippen LogP contribution in [0.5, 0.6) is 0 Å². The maximum Gasteiger partial charge on any atom is 0.410 e. The van der Waals surface area contributed by atoms with Crippen LogP contribution in [0.15, 0.2) is 122 Å². The van der Waals surface area contributed by atoms with Crippen molar-refractivity contribution in [2.24, 2.45) is 0 Å². The molecule has 21 nitrogen and oxygen atoms in total. The molecule has 9 heterocycles. The third kappa shape index (κ3) is 13.9. The number of hydrogen-bond acceptors (Lipinski definition) is 15. The van der Waals surface area contributed by atoms with Crippen LogP contribution in [-0.2, 0) is 48.2 Å². The Hall–Kier alpha value is -8.79. The Labute approximate surface area is 455 Å². The Morgan fingerprint density at radius 3 is 1.33 bits per heavy atom. The van der Waals surface area contributed by atoms with Gasteiger partial charge in [-0.15, -0.1) is 0 Å². The first-order chi connectivity index (χ1) is 38.5. The van der Waals surface area contributed by atoms with E-state index in [-0.39, 0.29) is 56.4 Å². The van der Waals surface area contributed by atoms with Gasteiger partial charge < -0.3 is 58.1 Å². The lowest BCUT2D eigenvalue weighted by atomic mass is 10.1. The predicted octanol–water partition coefficient (Wildman–Crippen LogP) is 9.24. The lowest BCUT2D eigenvalue weighted by Crippen LogP contribution is -2.42. The highest BCUT2D eigenvalue weighted by Crippen LogP contribution is 2.26. The van der Waals surface area contributed by atoms with Crippen molar-refractivity contribution in [2.45, 2.75) is 65.8 Å². The topological polar surface area (TPSA) is 241 Å². The average Bonchev–Trinajstić information content (AvgIpc) is 4.27. The number of aryl methyl sites for hydroxylation is 4. The summed E-state index contributed by atoms with van der Waals surface area (Å²) in [5.41, 5.74) is 12.1. The molecule has 0 bridgehead atoms. The minimum absolute atomic E-state index is 0.260. The zero-order chi connectivity index (χ0) is 54.7. The number of nitrogens with zero attached hydrogens (tertiary/aromatic N) is 9. The first kappa shape index (κ1) is 53.6. The van der Waals surface area contributed by atoms with E-state index in [9.17, 15) is 14.4 Å². The molecule has 3 aliphatic heterocycles. The first-order valence-electron chi connectivity index (χ1n) is 26.2. The summed E-state index contributed by atoms with van der Waals surface area (Å²) in [6, 6.07) is 33.3. The third-order valence-corrected chi connectivity index (χ3v) is 13.5. The molecule has 12 rings (SSSR count). The molecule has 3 atom stereocenters. The van der Waals surface area contributed by atoms with Crippen LogP contribution in [0, 0.1) is 27.7 Å². The highest BCUT2D eigenvalue weighted by molar-refractivity contribution is 5.72. The Balaban J connectivity index is 0.000000134. The summed E-state index contributed by atoms with van der Waals surface area (Å²) in [6.07, 6.45) is 3.13. The molecule has 0 radical (unpaired) electrons. The molecular weight excluding hydrogens is 1010 g/mol. The van der Waals surface area contributed by atoms with Gasteiger partial charge in [0, 0.05) is 38.2 Å². The van der Waals surface area contributed by atoms with E-state index in [1.807, 2.05) is 125 Å². The number of pyridine rings is 3.